The Kier molecular flexibility index (Phi) is 4.56. The normalized spacial score (nSPS) is 9.00. The number of allylic oxidation sites excluding steroid dienone is 1. The summed E-state index contributed by atoms with van der Waals surface area (Å²) in [5.74, 6) is 5.30. The highest BCUT2D eigenvalue weighted by molar-refractivity contribution is 6.22. The minimum atomic E-state index is 0.0270. The highest BCUT2D eigenvalue weighted by Crippen LogP contribution is 1.94. The molecule has 0 spiro atoms. The zero-order valence-corrected chi connectivity index (χ0v) is 6.68. The molecule has 0 aliphatic heterocycles. The molecule has 0 aliphatic rings. The maximum absolute atomic E-state index is 8.99. The van der Waals surface area contributed by atoms with E-state index in [1.54, 1.807) is 14.8 Å². The van der Waals surface area contributed by atoms with Gasteiger partial charge in [0, 0.05) is 6.08 Å². The molecule has 0 rings (SSSR count). The Balaban J connectivity index is 4.54. The average Bonchev–Trinajstić information content (AvgIpc) is 2.03. The first kappa shape index (κ1) is 9.48. The molecule has 0 aromatic carbocycles. The van der Waals surface area contributed by atoms with Gasteiger partial charge >= 0.3 is 0 Å². The van der Waals surface area contributed by atoms with Crippen molar-refractivity contribution in [3.05, 3.63) is 29.3 Å². The number of aliphatic hydroxyl groups is 1. The summed E-state index contributed by atoms with van der Waals surface area (Å²) in [6, 6.07) is 0. The van der Waals surface area contributed by atoms with Crippen LogP contribution in [0.4, 0.5) is 0 Å². The molecular formula is C8H10BNO. The van der Waals surface area contributed by atoms with E-state index in [-0.39, 0.29) is 11.5 Å². The zero-order valence-electron chi connectivity index (χ0n) is 6.68. The molecule has 3 heteroatoms. The second kappa shape index (κ2) is 5.28. The minimum Gasteiger partial charge on any atom is -0.505 e. The van der Waals surface area contributed by atoms with Crippen LogP contribution in [0.1, 0.15) is 6.92 Å². The molecule has 11 heavy (non-hydrogen) atoms. The van der Waals surface area contributed by atoms with Crippen molar-refractivity contribution in [3.63, 3.8) is 0 Å². The Labute approximate surface area is 67.5 Å². The second-order valence-electron chi connectivity index (χ2n) is 1.77. The molecule has 0 atom stereocenters. The molecule has 0 saturated carbocycles. The van der Waals surface area contributed by atoms with Crippen LogP contribution < -0.4 is 5.73 Å². The molecule has 0 bridgehead atoms. The molecule has 0 aromatic rings. The Hall–Kier alpha value is -1.52. The number of nitrogens with two attached hydrogens (primary N) is 1. The summed E-state index contributed by atoms with van der Waals surface area (Å²) in [4.78, 5) is 0. The smallest absolute Gasteiger partial charge is 0.196 e. The van der Waals surface area contributed by atoms with Crippen molar-refractivity contribution in [1.82, 2.24) is 0 Å². The van der Waals surface area contributed by atoms with Crippen LogP contribution in [0.3, 0.4) is 0 Å². The lowest BCUT2D eigenvalue weighted by Gasteiger charge is -1.91. The third kappa shape index (κ3) is 3.97. The van der Waals surface area contributed by atoms with Crippen LogP contribution in [-0.4, -0.2) is 13.0 Å². The number of aliphatic hydroxyl groups excluding tert-OH is 1. The summed E-state index contributed by atoms with van der Waals surface area (Å²) in [6.07, 6.45) is 2.96. The van der Waals surface area contributed by atoms with Crippen LogP contribution in [-0.2, 0) is 0 Å². The first-order valence-electron chi connectivity index (χ1n) is 3.21. The number of hydrogen-bond acceptors (Lipinski definition) is 2. The van der Waals surface area contributed by atoms with E-state index >= 15 is 0 Å². The van der Waals surface area contributed by atoms with Gasteiger partial charge in [-0.3, -0.25) is 0 Å². The molecular weight excluding hydrogens is 137 g/mol. The second-order valence-corrected chi connectivity index (χ2v) is 1.77. The fourth-order valence-electron chi connectivity index (χ4n) is 0.415. The molecule has 0 unspecified atom stereocenters. The largest absolute Gasteiger partial charge is 0.505 e. The minimum absolute atomic E-state index is 0.0270. The molecule has 0 saturated heterocycles. The summed E-state index contributed by atoms with van der Waals surface area (Å²) < 4.78 is 0. The third-order valence-corrected chi connectivity index (χ3v) is 0.994. The SMILES string of the molecule is BC#CC=C=C(N)/C(O)=C\C. The molecule has 56 valence electrons. The molecule has 0 fully saturated rings. The highest BCUT2D eigenvalue weighted by Gasteiger charge is 1.90. The Morgan fingerprint density at radius 1 is 1.64 bits per heavy atom. The van der Waals surface area contributed by atoms with Crippen LogP contribution in [0.25, 0.3) is 0 Å². The topological polar surface area (TPSA) is 46.2 Å². The third-order valence-electron chi connectivity index (χ3n) is 0.994. The van der Waals surface area contributed by atoms with E-state index in [4.69, 9.17) is 10.8 Å². The maximum Gasteiger partial charge on any atom is 0.196 e. The number of rotatable bonds is 1. The monoisotopic (exact) mass is 147 g/mol. The van der Waals surface area contributed by atoms with Gasteiger partial charge in [0.1, 0.15) is 11.5 Å². The quantitative estimate of drug-likeness (QED) is 0.181. The average molecular weight is 147 g/mol. The standard InChI is InChI=1S/C8H10BNO/c1-2-8(11)7(10)5-3-4-6-9/h2-3,11H,9-10H2,1H3/b8-2+. The van der Waals surface area contributed by atoms with Crippen molar-refractivity contribution < 1.29 is 5.11 Å². The summed E-state index contributed by atoms with van der Waals surface area (Å²) >= 11 is 0. The predicted molar refractivity (Wildman–Crippen MR) is 48.5 cm³/mol. The van der Waals surface area contributed by atoms with Gasteiger partial charge in [0.05, 0.1) is 0 Å². The molecule has 0 radical (unpaired) electrons. The van der Waals surface area contributed by atoms with Gasteiger partial charge in [-0.25, -0.2) is 0 Å². The predicted octanol–water partition coefficient (Wildman–Crippen LogP) is 0.0399. The van der Waals surface area contributed by atoms with Gasteiger partial charge < -0.3 is 10.8 Å². The van der Waals surface area contributed by atoms with Crippen LogP contribution in [0.2, 0.25) is 0 Å². The molecule has 3 N–H and O–H groups in total. The van der Waals surface area contributed by atoms with Gasteiger partial charge in [0.15, 0.2) is 7.85 Å². The van der Waals surface area contributed by atoms with E-state index in [9.17, 15) is 0 Å². The Bertz CT molecular complexity index is 274. The van der Waals surface area contributed by atoms with E-state index in [0.717, 1.165) is 0 Å². The summed E-state index contributed by atoms with van der Waals surface area (Å²) in [7, 11) is 1.71. The van der Waals surface area contributed by atoms with Crippen molar-refractivity contribution in [2.24, 2.45) is 5.73 Å². The zero-order chi connectivity index (χ0) is 8.69. The highest BCUT2D eigenvalue weighted by atomic mass is 16.3. The van der Waals surface area contributed by atoms with Gasteiger partial charge in [-0.2, -0.15) is 5.82 Å². The van der Waals surface area contributed by atoms with Crippen LogP contribution in [0.15, 0.2) is 29.3 Å². The summed E-state index contributed by atoms with van der Waals surface area (Å²) in [5.41, 5.74) is 8.17. The Morgan fingerprint density at radius 3 is 2.73 bits per heavy atom. The molecule has 0 heterocycles. The van der Waals surface area contributed by atoms with Gasteiger partial charge in [0.2, 0.25) is 0 Å². The fraction of sp³-hybridized carbons (Fsp3) is 0.125. The number of hydrogen-bond donors (Lipinski definition) is 2. The lowest BCUT2D eigenvalue weighted by Crippen LogP contribution is -1.97. The molecule has 2 nitrogen and oxygen atoms in total. The molecule has 0 amide bonds. The van der Waals surface area contributed by atoms with Gasteiger partial charge in [-0.1, -0.05) is 11.7 Å². The first-order chi connectivity index (χ1) is 5.22. The van der Waals surface area contributed by atoms with Crippen molar-refractivity contribution in [2.75, 3.05) is 0 Å². The van der Waals surface area contributed by atoms with E-state index in [0.29, 0.717) is 0 Å². The molecule has 0 aliphatic carbocycles. The van der Waals surface area contributed by atoms with Gasteiger partial charge in [-0.15, -0.1) is 0 Å². The van der Waals surface area contributed by atoms with E-state index in [1.807, 2.05) is 0 Å². The van der Waals surface area contributed by atoms with Gasteiger partial charge in [0.25, 0.3) is 0 Å². The fourth-order valence-corrected chi connectivity index (χ4v) is 0.415. The van der Waals surface area contributed by atoms with Crippen molar-refractivity contribution >= 4 is 7.85 Å². The van der Waals surface area contributed by atoms with Crippen LogP contribution in [0.5, 0.6) is 0 Å². The van der Waals surface area contributed by atoms with Crippen molar-refractivity contribution in [1.29, 1.82) is 0 Å². The Morgan fingerprint density at radius 2 is 2.27 bits per heavy atom. The maximum atomic E-state index is 8.99. The first-order valence-corrected chi connectivity index (χ1v) is 3.21. The van der Waals surface area contributed by atoms with E-state index in [1.165, 1.54) is 12.2 Å². The van der Waals surface area contributed by atoms with Crippen LogP contribution >= 0.6 is 0 Å². The van der Waals surface area contributed by atoms with Gasteiger partial charge in [-0.05, 0) is 13.0 Å². The lowest BCUT2D eigenvalue weighted by atomic mass is 10.2. The lowest BCUT2D eigenvalue weighted by molar-refractivity contribution is 0.421. The van der Waals surface area contributed by atoms with Crippen LogP contribution in [0, 0.1) is 11.7 Å². The van der Waals surface area contributed by atoms with Crippen molar-refractivity contribution in [3.8, 4) is 11.7 Å². The summed E-state index contributed by atoms with van der Waals surface area (Å²) in [6.45, 7) is 1.69. The van der Waals surface area contributed by atoms with E-state index in [2.05, 4.69) is 17.5 Å². The molecule has 0 aromatic heterocycles. The van der Waals surface area contributed by atoms with Crippen molar-refractivity contribution in [2.45, 2.75) is 6.92 Å². The summed E-state index contributed by atoms with van der Waals surface area (Å²) in [5, 5.41) is 8.99. The van der Waals surface area contributed by atoms with E-state index < -0.39 is 0 Å².